The van der Waals surface area contributed by atoms with Crippen LogP contribution in [0.5, 0.6) is 0 Å². The molecule has 17 heavy (non-hydrogen) atoms. The lowest BCUT2D eigenvalue weighted by Gasteiger charge is -2.16. The Balaban J connectivity index is 2.32. The fourth-order valence-electron chi connectivity index (χ4n) is 1.78. The van der Waals surface area contributed by atoms with Crippen LogP contribution in [-0.4, -0.2) is 44.0 Å². The smallest absolute Gasteiger partial charge is 0.349 e. The maximum atomic E-state index is 11.6. The quantitative estimate of drug-likeness (QED) is 0.695. The first-order valence-corrected chi connectivity index (χ1v) is 5.71. The van der Waals surface area contributed by atoms with Crippen molar-refractivity contribution in [2.24, 2.45) is 0 Å². The summed E-state index contributed by atoms with van der Waals surface area (Å²) in [6.07, 6.45) is -2.46. The topological polar surface area (TPSA) is 84.6 Å². The Kier molecular flexibility index (Phi) is 3.48. The first-order chi connectivity index (χ1) is 8.04. The van der Waals surface area contributed by atoms with Crippen molar-refractivity contribution in [2.45, 2.75) is 31.5 Å². The van der Waals surface area contributed by atoms with Gasteiger partial charge in [-0.25, -0.2) is 4.79 Å². The molecular weight excluding hydrogens is 248 g/mol. The van der Waals surface area contributed by atoms with Crippen molar-refractivity contribution in [3.8, 4) is 0 Å². The normalized spacial score (nSPS) is 32.9. The summed E-state index contributed by atoms with van der Waals surface area (Å²) in [5.74, 6) is 0.0444. The van der Waals surface area contributed by atoms with Crippen LogP contribution in [0.1, 0.15) is 11.9 Å². The number of aromatic nitrogens is 2. The molecule has 0 radical (unpaired) electrons. The molecule has 4 atom stereocenters. The lowest BCUT2D eigenvalue weighted by Crippen LogP contribution is -2.35. The molecule has 1 aliphatic rings. The van der Waals surface area contributed by atoms with Crippen LogP contribution >= 0.6 is 11.6 Å². The molecule has 0 amide bonds. The van der Waals surface area contributed by atoms with Gasteiger partial charge >= 0.3 is 5.69 Å². The van der Waals surface area contributed by atoms with Crippen LogP contribution in [0, 0.1) is 6.92 Å². The van der Waals surface area contributed by atoms with Crippen molar-refractivity contribution >= 4 is 11.6 Å². The standard InChI is InChI=1S/C10H13ClN2O4/c1-5-2-3-13(10(16)12-5)9-8(15)7(14)6(4-11)17-9/h2-3,6-9,14-15H,4H2,1H3. The van der Waals surface area contributed by atoms with Gasteiger partial charge in [0.1, 0.15) is 18.3 Å². The van der Waals surface area contributed by atoms with E-state index in [1.54, 1.807) is 13.0 Å². The van der Waals surface area contributed by atoms with Gasteiger partial charge in [0.2, 0.25) is 0 Å². The average Bonchev–Trinajstić information content (AvgIpc) is 2.57. The van der Waals surface area contributed by atoms with E-state index in [1.807, 2.05) is 0 Å². The zero-order valence-corrected chi connectivity index (χ0v) is 9.91. The third kappa shape index (κ3) is 2.21. The van der Waals surface area contributed by atoms with E-state index >= 15 is 0 Å². The highest BCUT2D eigenvalue weighted by Gasteiger charge is 2.43. The van der Waals surface area contributed by atoms with E-state index in [1.165, 1.54) is 6.20 Å². The van der Waals surface area contributed by atoms with Gasteiger partial charge in [-0.1, -0.05) is 0 Å². The average molecular weight is 261 g/mol. The van der Waals surface area contributed by atoms with Gasteiger partial charge in [0.25, 0.3) is 0 Å². The second-order valence-electron chi connectivity index (χ2n) is 3.96. The molecular formula is C10H13ClN2O4. The van der Waals surface area contributed by atoms with Gasteiger partial charge in [0, 0.05) is 11.9 Å². The molecule has 0 spiro atoms. The molecule has 94 valence electrons. The monoisotopic (exact) mass is 260 g/mol. The van der Waals surface area contributed by atoms with Gasteiger partial charge in [0.05, 0.1) is 5.88 Å². The predicted molar refractivity (Wildman–Crippen MR) is 59.9 cm³/mol. The molecule has 2 rings (SSSR count). The zero-order chi connectivity index (χ0) is 12.6. The van der Waals surface area contributed by atoms with E-state index in [2.05, 4.69) is 4.98 Å². The van der Waals surface area contributed by atoms with E-state index in [0.717, 1.165) is 4.57 Å². The number of ether oxygens (including phenoxy) is 1. The fourth-order valence-corrected chi connectivity index (χ4v) is 2.03. The minimum Gasteiger partial charge on any atom is -0.387 e. The summed E-state index contributed by atoms with van der Waals surface area (Å²) in [5, 5.41) is 19.4. The van der Waals surface area contributed by atoms with Crippen molar-refractivity contribution in [1.82, 2.24) is 9.55 Å². The lowest BCUT2D eigenvalue weighted by atomic mass is 10.1. The molecule has 0 aliphatic carbocycles. The van der Waals surface area contributed by atoms with Crippen LogP contribution < -0.4 is 5.69 Å². The minimum absolute atomic E-state index is 0.0444. The number of nitrogens with zero attached hydrogens (tertiary/aromatic N) is 2. The number of aliphatic hydroxyl groups excluding tert-OH is 2. The summed E-state index contributed by atoms with van der Waals surface area (Å²) in [5.41, 5.74) is 0.0460. The van der Waals surface area contributed by atoms with Gasteiger partial charge in [-0.2, -0.15) is 4.98 Å². The highest BCUT2D eigenvalue weighted by Crippen LogP contribution is 2.28. The summed E-state index contributed by atoms with van der Waals surface area (Å²) in [4.78, 5) is 15.4. The van der Waals surface area contributed by atoms with E-state index in [0.29, 0.717) is 5.69 Å². The molecule has 1 fully saturated rings. The van der Waals surface area contributed by atoms with Crippen LogP contribution in [0.4, 0.5) is 0 Å². The van der Waals surface area contributed by atoms with Crippen molar-refractivity contribution < 1.29 is 14.9 Å². The predicted octanol–water partition coefficient (Wildman–Crippen LogP) is -0.590. The van der Waals surface area contributed by atoms with Crippen LogP contribution in [-0.2, 0) is 4.74 Å². The van der Waals surface area contributed by atoms with E-state index in [9.17, 15) is 15.0 Å². The Morgan fingerprint density at radius 3 is 2.76 bits per heavy atom. The summed E-state index contributed by atoms with van der Waals surface area (Å²) in [6, 6.07) is 1.62. The zero-order valence-electron chi connectivity index (χ0n) is 9.15. The van der Waals surface area contributed by atoms with E-state index < -0.39 is 30.2 Å². The fraction of sp³-hybridized carbons (Fsp3) is 0.600. The highest BCUT2D eigenvalue weighted by molar-refractivity contribution is 6.18. The Labute approximate surface area is 102 Å². The molecule has 0 bridgehead atoms. The van der Waals surface area contributed by atoms with Gasteiger partial charge in [-0.05, 0) is 13.0 Å². The molecule has 0 saturated carbocycles. The summed E-state index contributed by atoms with van der Waals surface area (Å²) in [6.45, 7) is 1.69. The van der Waals surface area contributed by atoms with Crippen molar-refractivity contribution in [3.63, 3.8) is 0 Å². The maximum Gasteiger partial charge on any atom is 0.349 e. The molecule has 4 unspecified atom stereocenters. The number of hydrogen-bond acceptors (Lipinski definition) is 5. The van der Waals surface area contributed by atoms with Gasteiger partial charge in [-0.15, -0.1) is 11.6 Å². The van der Waals surface area contributed by atoms with Gasteiger partial charge in [0.15, 0.2) is 6.23 Å². The van der Waals surface area contributed by atoms with Crippen molar-refractivity contribution in [1.29, 1.82) is 0 Å². The largest absolute Gasteiger partial charge is 0.387 e. The third-order valence-corrected chi connectivity index (χ3v) is 3.04. The Morgan fingerprint density at radius 2 is 2.24 bits per heavy atom. The number of alkyl halides is 1. The number of halogens is 1. The highest BCUT2D eigenvalue weighted by atomic mass is 35.5. The molecule has 2 heterocycles. The maximum absolute atomic E-state index is 11.6. The number of aryl methyl sites for hydroxylation is 1. The third-order valence-electron chi connectivity index (χ3n) is 2.73. The van der Waals surface area contributed by atoms with Crippen LogP contribution in [0.2, 0.25) is 0 Å². The van der Waals surface area contributed by atoms with Gasteiger partial charge < -0.3 is 14.9 Å². The minimum atomic E-state index is -1.19. The molecule has 1 saturated heterocycles. The van der Waals surface area contributed by atoms with E-state index in [4.69, 9.17) is 16.3 Å². The van der Waals surface area contributed by atoms with Crippen molar-refractivity contribution in [3.05, 3.63) is 28.4 Å². The van der Waals surface area contributed by atoms with Crippen LogP contribution in [0.25, 0.3) is 0 Å². The second kappa shape index (κ2) is 4.73. The van der Waals surface area contributed by atoms with Gasteiger partial charge in [-0.3, -0.25) is 4.57 Å². The summed E-state index contributed by atoms with van der Waals surface area (Å²) in [7, 11) is 0. The Morgan fingerprint density at radius 1 is 1.53 bits per heavy atom. The molecule has 6 nitrogen and oxygen atoms in total. The molecule has 7 heteroatoms. The van der Waals surface area contributed by atoms with Crippen LogP contribution in [0.3, 0.4) is 0 Å². The molecule has 1 aromatic rings. The molecule has 0 aromatic carbocycles. The van der Waals surface area contributed by atoms with Crippen LogP contribution in [0.15, 0.2) is 17.1 Å². The second-order valence-corrected chi connectivity index (χ2v) is 4.27. The summed E-state index contributed by atoms with van der Waals surface area (Å²) < 4.78 is 6.48. The van der Waals surface area contributed by atoms with Crippen molar-refractivity contribution in [2.75, 3.05) is 5.88 Å². The lowest BCUT2D eigenvalue weighted by molar-refractivity contribution is -0.0343. The SMILES string of the molecule is Cc1ccn(C2OC(CCl)C(O)C2O)c(=O)n1. The number of hydrogen-bond donors (Lipinski definition) is 2. The first-order valence-electron chi connectivity index (χ1n) is 5.18. The number of aliphatic hydroxyl groups is 2. The molecule has 2 N–H and O–H groups in total. The first kappa shape index (κ1) is 12.5. The molecule has 1 aliphatic heterocycles. The summed E-state index contributed by atoms with van der Waals surface area (Å²) >= 11 is 5.59. The number of rotatable bonds is 2. The Hall–Kier alpha value is -0.950. The molecule has 1 aromatic heterocycles. The Bertz CT molecular complexity index is 464. The van der Waals surface area contributed by atoms with E-state index in [-0.39, 0.29) is 5.88 Å².